The molecule has 0 saturated carbocycles. The molecule has 144 valence electrons. The lowest BCUT2D eigenvalue weighted by Crippen LogP contribution is -2.07. The van der Waals surface area contributed by atoms with Crippen LogP contribution in [0.1, 0.15) is 17.5 Å². The highest BCUT2D eigenvalue weighted by Crippen LogP contribution is 2.26. The Balaban J connectivity index is 1.41. The number of aromatic nitrogens is 2. The summed E-state index contributed by atoms with van der Waals surface area (Å²) >= 11 is 3.06. The number of carbonyl (C=O) groups excluding carboxylic acids is 1. The molecule has 0 atom stereocenters. The van der Waals surface area contributed by atoms with E-state index in [1.807, 2.05) is 30.3 Å². The van der Waals surface area contributed by atoms with Crippen molar-refractivity contribution in [2.45, 2.75) is 17.2 Å². The molecule has 1 aromatic heterocycles. The number of ether oxygens (including phenoxy) is 1. The van der Waals surface area contributed by atoms with Gasteiger partial charge in [-0.25, -0.2) is 0 Å². The molecule has 0 aliphatic rings. The van der Waals surface area contributed by atoms with Gasteiger partial charge in [0.1, 0.15) is 5.75 Å². The number of carbonyl (C=O) groups is 1. The van der Waals surface area contributed by atoms with Crippen LogP contribution in [0.15, 0.2) is 65.0 Å². The second kappa shape index (κ2) is 10.6. The summed E-state index contributed by atoms with van der Waals surface area (Å²) in [4.78, 5) is 12.0. The monoisotopic (exact) mass is 411 g/mol. The van der Waals surface area contributed by atoms with Gasteiger partial charge in [-0.1, -0.05) is 65.6 Å². The number of hydrogen-bond donors (Lipinski definition) is 1. The predicted molar refractivity (Wildman–Crippen MR) is 116 cm³/mol. The molecule has 2 aromatic carbocycles. The second-order valence-electron chi connectivity index (χ2n) is 5.91. The zero-order valence-corrected chi connectivity index (χ0v) is 17.1. The number of hydrogen-bond acceptors (Lipinski definition) is 6. The zero-order valence-electron chi connectivity index (χ0n) is 15.5. The van der Waals surface area contributed by atoms with Crippen molar-refractivity contribution in [1.82, 2.24) is 10.2 Å². The van der Waals surface area contributed by atoms with E-state index in [2.05, 4.69) is 39.8 Å². The number of anilines is 1. The fourth-order valence-corrected chi connectivity index (χ4v) is 4.20. The average Bonchev–Trinajstić information content (AvgIpc) is 3.18. The maximum absolute atomic E-state index is 12.0. The van der Waals surface area contributed by atoms with E-state index in [0.717, 1.165) is 34.2 Å². The van der Waals surface area contributed by atoms with E-state index in [-0.39, 0.29) is 5.91 Å². The van der Waals surface area contributed by atoms with Crippen molar-refractivity contribution in [3.63, 3.8) is 0 Å². The van der Waals surface area contributed by atoms with Crippen molar-refractivity contribution in [3.8, 4) is 5.75 Å². The van der Waals surface area contributed by atoms with Crippen LogP contribution in [0.5, 0.6) is 5.75 Å². The zero-order chi connectivity index (χ0) is 19.6. The van der Waals surface area contributed by atoms with Crippen LogP contribution in [-0.4, -0.2) is 29.0 Å². The highest BCUT2D eigenvalue weighted by Gasteiger charge is 2.07. The van der Waals surface area contributed by atoms with Crippen LogP contribution < -0.4 is 10.1 Å². The van der Waals surface area contributed by atoms with Gasteiger partial charge in [0, 0.05) is 11.8 Å². The van der Waals surface area contributed by atoms with E-state index in [1.165, 1.54) is 23.0 Å². The molecular weight excluding hydrogens is 390 g/mol. The molecule has 3 aromatic rings. The Morgan fingerprint density at radius 3 is 2.68 bits per heavy atom. The Kier molecular flexibility index (Phi) is 7.63. The van der Waals surface area contributed by atoms with Crippen molar-refractivity contribution in [3.05, 3.63) is 71.8 Å². The predicted octanol–water partition coefficient (Wildman–Crippen LogP) is 4.92. The van der Waals surface area contributed by atoms with Crippen molar-refractivity contribution >= 4 is 40.2 Å². The highest BCUT2D eigenvalue weighted by molar-refractivity contribution is 8.01. The van der Waals surface area contributed by atoms with Crippen molar-refractivity contribution < 1.29 is 9.53 Å². The third-order valence-corrected chi connectivity index (χ3v) is 5.92. The number of nitrogens with zero attached hydrogens (tertiary/aromatic N) is 2. The molecule has 1 amide bonds. The van der Waals surface area contributed by atoms with E-state index in [0.29, 0.717) is 5.13 Å². The van der Waals surface area contributed by atoms with Gasteiger partial charge in [0.25, 0.3) is 0 Å². The Hall–Kier alpha value is -2.64. The molecule has 0 spiro atoms. The normalized spacial score (nSPS) is 10.9. The topological polar surface area (TPSA) is 64.1 Å². The van der Waals surface area contributed by atoms with Gasteiger partial charge < -0.3 is 4.74 Å². The Labute approximate surface area is 172 Å². The Morgan fingerprint density at radius 2 is 1.93 bits per heavy atom. The first kappa shape index (κ1) is 20.1. The van der Waals surface area contributed by atoms with E-state index in [4.69, 9.17) is 4.74 Å². The van der Waals surface area contributed by atoms with Crippen LogP contribution >= 0.6 is 23.1 Å². The summed E-state index contributed by atoms with van der Waals surface area (Å²) in [6.45, 7) is 0. The number of thioether (sulfide) groups is 1. The maximum Gasteiger partial charge on any atom is 0.250 e. The quantitative estimate of drug-likeness (QED) is 0.234. The molecule has 5 nitrogen and oxygen atoms in total. The summed E-state index contributed by atoms with van der Waals surface area (Å²) in [5, 5.41) is 11.4. The van der Waals surface area contributed by atoms with Gasteiger partial charge in [-0.05, 0) is 42.2 Å². The standard InChI is InChI=1S/C21H21N3O2S2/c1-26-18-12-9-17(10-13-18)11-14-19(25)22-20-23-24-21(28-20)27-15-5-8-16-6-3-2-4-7-16/h2-4,6-7,9-14H,5,8,15H2,1H3,(H,22,23,25)/b14-11+. The van der Waals surface area contributed by atoms with Crippen LogP contribution in [0.4, 0.5) is 5.13 Å². The van der Waals surface area contributed by atoms with Gasteiger partial charge in [-0.3, -0.25) is 10.1 Å². The molecule has 0 aliphatic carbocycles. The molecule has 3 rings (SSSR count). The molecule has 0 bridgehead atoms. The van der Waals surface area contributed by atoms with Crippen LogP contribution in [0, 0.1) is 0 Å². The molecule has 1 N–H and O–H groups in total. The van der Waals surface area contributed by atoms with E-state index in [9.17, 15) is 4.79 Å². The summed E-state index contributed by atoms with van der Waals surface area (Å²) in [6, 6.07) is 17.9. The Morgan fingerprint density at radius 1 is 1.14 bits per heavy atom. The minimum atomic E-state index is -0.229. The maximum atomic E-state index is 12.0. The summed E-state index contributed by atoms with van der Waals surface area (Å²) in [6.07, 6.45) is 5.35. The average molecular weight is 412 g/mol. The molecule has 0 saturated heterocycles. The lowest BCUT2D eigenvalue weighted by atomic mass is 10.1. The van der Waals surface area contributed by atoms with Gasteiger partial charge >= 0.3 is 0 Å². The lowest BCUT2D eigenvalue weighted by molar-refractivity contribution is -0.111. The van der Waals surface area contributed by atoms with Crippen molar-refractivity contribution in [1.29, 1.82) is 0 Å². The van der Waals surface area contributed by atoms with E-state index in [1.54, 1.807) is 24.9 Å². The van der Waals surface area contributed by atoms with Gasteiger partial charge in [-0.2, -0.15) is 0 Å². The van der Waals surface area contributed by atoms with Gasteiger partial charge in [0.05, 0.1) is 7.11 Å². The number of rotatable bonds is 9. The smallest absolute Gasteiger partial charge is 0.250 e. The number of nitrogens with one attached hydrogen (secondary N) is 1. The number of aryl methyl sites for hydroxylation is 1. The second-order valence-corrected chi connectivity index (χ2v) is 8.23. The summed E-state index contributed by atoms with van der Waals surface area (Å²) < 4.78 is 5.98. The molecule has 28 heavy (non-hydrogen) atoms. The highest BCUT2D eigenvalue weighted by atomic mass is 32.2. The number of methoxy groups -OCH3 is 1. The number of amides is 1. The lowest BCUT2D eigenvalue weighted by Gasteiger charge is -1.99. The first-order valence-corrected chi connectivity index (χ1v) is 10.7. The van der Waals surface area contributed by atoms with E-state index < -0.39 is 0 Å². The SMILES string of the molecule is COc1ccc(/C=C/C(=O)Nc2nnc(SCCCc3ccccc3)s2)cc1. The molecule has 0 radical (unpaired) electrons. The van der Waals surface area contributed by atoms with Crippen molar-refractivity contribution in [2.75, 3.05) is 18.2 Å². The van der Waals surface area contributed by atoms with Crippen LogP contribution in [0.3, 0.4) is 0 Å². The molecule has 0 aliphatic heterocycles. The van der Waals surface area contributed by atoms with Crippen molar-refractivity contribution in [2.24, 2.45) is 0 Å². The summed E-state index contributed by atoms with van der Waals surface area (Å²) in [5.41, 5.74) is 2.26. The minimum absolute atomic E-state index is 0.229. The van der Waals surface area contributed by atoms with Crippen LogP contribution in [-0.2, 0) is 11.2 Å². The third-order valence-electron chi connectivity index (χ3n) is 3.86. The fraction of sp³-hybridized carbons (Fsp3) is 0.190. The van der Waals surface area contributed by atoms with Gasteiger partial charge in [-0.15, -0.1) is 10.2 Å². The summed E-state index contributed by atoms with van der Waals surface area (Å²) in [7, 11) is 1.62. The molecular formula is C21H21N3O2S2. The largest absolute Gasteiger partial charge is 0.497 e. The van der Waals surface area contributed by atoms with Gasteiger partial charge in [0.15, 0.2) is 4.34 Å². The fourth-order valence-electron chi connectivity index (χ4n) is 2.43. The van der Waals surface area contributed by atoms with Crippen LogP contribution in [0.25, 0.3) is 6.08 Å². The van der Waals surface area contributed by atoms with Crippen LogP contribution in [0.2, 0.25) is 0 Å². The molecule has 1 heterocycles. The first-order chi connectivity index (χ1) is 13.7. The first-order valence-electron chi connectivity index (χ1n) is 8.86. The molecule has 7 heteroatoms. The molecule has 0 fully saturated rings. The minimum Gasteiger partial charge on any atom is -0.497 e. The number of benzene rings is 2. The summed E-state index contributed by atoms with van der Waals surface area (Å²) in [5.74, 6) is 1.52. The van der Waals surface area contributed by atoms with Gasteiger partial charge in [0.2, 0.25) is 11.0 Å². The Bertz CT molecular complexity index is 909. The third kappa shape index (κ3) is 6.51. The van der Waals surface area contributed by atoms with E-state index >= 15 is 0 Å². The molecule has 0 unspecified atom stereocenters.